The van der Waals surface area contributed by atoms with Gasteiger partial charge in [0, 0.05) is 41.8 Å². The van der Waals surface area contributed by atoms with Crippen molar-refractivity contribution in [2.45, 2.75) is 0 Å². The summed E-state index contributed by atoms with van der Waals surface area (Å²) in [5.74, 6) is -0.0861. The number of anilines is 1. The first kappa shape index (κ1) is 20.0. The van der Waals surface area contributed by atoms with Crippen molar-refractivity contribution < 1.29 is 9.90 Å². The number of rotatable bonds is 3. The fourth-order valence-corrected chi connectivity index (χ4v) is 4.42. The standard InChI is InChI=1S/C24H15BrIN3O2/c25-13-1-7-21-17(9-13)20(12-27-21)23-11-19(18-10-14(26)2-8-22(18)29-23)24(31)28-15-3-5-16(30)6-4-15/h1-12,27,30H,(H,28,31). The molecule has 7 heteroatoms. The number of pyridine rings is 1. The summed E-state index contributed by atoms with van der Waals surface area (Å²) in [6.07, 6.45) is 1.92. The number of nitrogens with zero attached hydrogens (tertiary/aromatic N) is 1. The average molecular weight is 584 g/mol. The molecule has 3 N–H and O–H groups in total. The summed E-state index contributed by atoms with van der Waals surface area (Å²) in [5.41, 5.74) is 4.53. The fraction of sp³-hybridized carbons (Fsp3) is 0. The normalized spacial score (nSPS) is 11.2. The van der Waals surface area contributed by atoms with Crippen LogP contribution in [0.5, 0.6) is 5.75 Å². The van der Waals surface area contributed by atoms with Gasteiger partial charge in [0.2, 0.25) is 0 Å². The van der Waals surface area contributed by atoms with Gasteiger partial charge in [-0.25, -0.2) is 4.98 Å². The molecule has 0 aliphatic heterocycles. The van der Waals surface area contributed by atoms with E-state index in [0.717, 1.165) is 35.4 Å². The van der Waals surface area contributed by atoms with Gasteiger partial charge in [0.15, 0.2) is 0 Å². The van der Waals surface area contributed by atoms with Gasteiger partial charge in [-0.3, -0.25) is 4.79 Å². The summed E-state index contributed by atoms with van der Waals surface area (Å²) in [6, 6.07) is 20.1. The largest absolute Gasteiger partial charge is 0.508 e. The van der Waals surface area contributed by atoms with Gasteiger partial charge in [0.25, 0.3) is 5.91 Å². The Balaban J connectivity index is 1.67. The number of carbonyl (C=O) groups is 1. The van der Waals surface area contributed by atoms with Crippen LogP contribution >= 0.6 is 38.5 Å². The predicted molar refractivity (Wildman–Crippen MR) is 136 cm³/mol. The number of fused-ring (bicyclic) bond motifs is 2. The molecule has 0 saturated heterocycles. The smallest absolute Gasteiger partial charge is 0.256 e. The Hall–Kier alpha value is -2.91. The van der Waals surface area contributed by atoms with Crippen molar-refractivity contribution in [1.29, 1.82) is 0 Å². The molecule has 0 atom stereocenters. The van der Waals surface area contributed by atoms with Crippen molar-refractivity contribution in [2.75, 3.05) is 5.32 Å². The third-order valence-corrected chi connectivity index (χ3v) is 6.22. The van der Waals surface area contributed by atoms with E-state index in [1.807, 2.05) is 48.7 Å². The molecule has 2 aromatic heterocycles. The van der Waals surface area contributed by atoms with Crippen molar-refractivity contribution >= 4 is 71.9 Å². The number of aromatic hydroxyl groups is 1. The van der Waals surface area contributed by atoms with Gasteiger partial charge in [0.1, 0.15) is 5.75 Å². The lowest BCUT2D eigenvalue weighted by molar-refractivity contribution is 0.102. The van der Waals surface area contributed by atoms with Crippen LogP contribution in [0.2, 0.25) is 0 Å². The summed E-state index contributed by atoms with van der Waals surface area (Å²) >= 11 is 5.77. The first-order valence-electron chi connectivity index (χ1n) is 9.46. The van der Waals surface area contributed by atoms with E-state index in [0.29, 0.717) is 16.9 Å². The van der Waals surface area contributed by atoms with E-state index >= 15 is 0 Å². The zero-order valence-corrected chi connectivity index (χ0v) is 19.7. The summed E-state index contributed by atoms with van der Waals surface area (Å²) in [6.45, 7) is 0. The number of benzene rings is 3. The van der Waals surface area contributed by atoms with Crippen LogP contribution < -0.4 is 5.32 Å². The van der Waals surface area contributed by atoms with E-state index in [1.165, 1.54) is 0 Å². The van der Waals surface area contributed by atoms with Crippen LogP contribution in [0, 0.1) is 3.57 Å². The molecule has 5 aromatic rings. The lowest BCUT2D eigenvalue weighted by Crippen LogP contribution is -2.13. The number of nitrogens with one attached hydrogen (secondary N) is 2. The highest BCUT2D eigenvalue weighted by Crippen LogP contribution is 2.33. The lowest BCUT2D eigenvalue weighted by atomic mass is 10.0. The van der Waals surface area contributed by atoms with Gasteiger partial charge in [-0.15, -0.1) is 0 Å². The predicted octanol–water partition coefficient (Wildman–Crippen LogP) is 6.71. The van der Waals surface area contributed by atoms with E-state index in [9.17, 15) is 9.90 Å². The minimum absolute atomic E-state index is 0.148. The fourth-order valence-electron chi connectivity index (χ4n) is 3.57. The number of H-pyrrole nitrogens is 1. The number of carbonyl (C=O) groups excluding carboxylic acids is 1. The van der Waals surface area contributed by atoms with E-state index in [2.05, 4.69) is 48.8 Å². The first-order valence-corrected chi connectivity index (χ1v) is 11.3. The Kier molecular flexibility index (Phi) is 5.15. The van der Waals surface area contributed by atoms with Crippen LogP contribution in [0.4, 0.5) is 5.69 Å². The van der Waals surface area contributed by atoms with Crippen molar-refractivity contribution in [2.24, 2.45) is 0 Å². The Morgan fingerprint density at radius 3 is 2.61 bits per heavy atom. The minimum Gasteiger partial charge on any atom is -0.508 e. The topological polar surface area (TPSA) is 78.0 Å². The molecule has 0 spiro atoms. The highest BCUT2D eigenvalue weighted by molar-refractivity contribution is 14.1. The average Bonchev–Trinajstić information content (AvgIpc) is 3.17. The van der Waals surface area contributed by atoms with E-state index in [1.54, 1.807) is 24.3 Å². The van der Waals surface area contributed by atoms with Crippen molar-refractivity contribution in [3.05, 3.63) is 86.5 Å². The number of hydrogen-bond acceptors (Lipinski definition) is 3. The second-order valence-corrected chi connectivity index (χ2v) is 9.27. The second-order valence-electron chi connectivity index (χ2n) is 7.11. The number of halogens is 2. The summed E-state index contributed by atoms with van der Waals surface area (Å²) < 4.78 is 2.00. The number of phenolic OH excluding ortho intramolecular Hbond substituents is 1. The second kappa shape index (κ2) is 7.97. The maximum atomic E-state index is 13.2. The molecule has 5 rings (SSSR count). The monoisotopic (exact) mass is 583 g/mol. The maximum absolute atomic E-state index is 13.2. The SMILES string of the molecule is O=C(Nc1ccc(O)cc1)c1cc(-c2c[nH]c3ccc(Br)cc23)nc2ccc(I)cc12. The molecule has 0 radical (unpaired) electrons. The summed E-state index contributed by atoms with van der Waals surface area (Å²) in [4.78, 5) is 21.4. The molecule has 1 amide bonds. The zero-order chi connectivity index (χ0) is 21.5. The molecular weight excluding hydrogens is 569 g/mol. The minimum atomic E-state index is -0.234. The highest BCUT2D eigenvalue weighted by Gasteiger charge is 2.17. The number of aromatic amines is 1. The van der Waals surface area contributed by atoms with E-state index in [-0.39, 0.29) is 11.7 Å². The molecule has 0 aliphatic rings. The van der Waals surface area contributed by atoms with Crippen molar-refractivity contribution in [1.82, 2.24) is 9.97 Å². The van der Waals surface area contributed by atoms with Gasteiger partial charge in [-0.2, -0.15) is 0 Å². The molecule has 0 unspecified atom stereocenters. The van der Waals surface area contributed by atoms with Gasteiger partial charge < -0.3 is 15.4 Å². The highest BCUT2D eigenvalue weighted by atomic mass is 127. The molecule has 0 fully saturated rings. The number of aromatic nitrogens is 2. The molecule has 152 valence electrons. The molecule has 0 saturated carbocycles. The molecule has 31 heavy (non-hydrogen) atoms. The van der Waals surface area contributed by atoms with E-state index in [4.69, 9.17) is 4.98 Å². The number of amides is 1. The van der Waals surface area contributed by atoms with Gasteiger partial charge >= 0.3 is 0 Å². The third kappa shape index (κ3) is 3.90. The van der Waals surface area contributed by atoms with Crippen molar-refractivity contribution in [3.63, 3.8) is 0 Å². The van der Waals surface area contributed by atoms with Gasteiger partial charge in [-0.1, -0.05) is 15.9 Å². The Bertz CT molecular complexity index is 1460. The summed E-state index contributed by atoms with van der Waals surface area (Å²) in [5, 5.41) is 14.2. The molecule has 5 nitrogen and oxygen atoms in total. The Morgan fingerprint density at radius 1 is 1.00 bits per heavy atom. The Morgan fingerprint density at radius 2 is 1.81 bits per heavy atom. The van der Waals surface area contributed by atoms with Crippen LogP contribution in [-0.2, 0) is 0 Å². The number of phenols is 1. The number of hydrogen-bond donors (Lipinski definition) is 3. The van der Waals surface area contributed by atoms with Crippen LogP contribution in [0.15, 0.2) is 77.4 Å². The van der Waals surface area contributed by atoms with Crippen LogP contribution in [-0.4, -0.2) is 21.0 Å². The zero-order valence-electron chi connectivity index (χ0n) is 16.0. The van der Waals surface area contributed by atoms with E-state index < -0.39 is 0 Å². The van der Waals surface area contributed by atoms with Crippen LogP contribution in [0.1, 0.15) is 10.4 Å². The molecule has 0 bridgehead atoms. The summed E-state index contributed by atoms with van der Waals surface area (Å²) in [7, 11) is 0. The molecule has 0 aliphatic carbocycles. The van der Waals surface area contributed by atoms with Crippen LogP contribution in [0.25, 0.3) is 33.1 Å². The molecule has 2 heterocycles. The van der Waals surface area contributed by atoms with Gasteiger partial charge in [0.05, 0.1) is 16.8 Å². The Labute approximate surface area is 199 Å². The lowest BCUT2D eigenvalue weighted by Gasteiger charge is -2.11. The molecule has 3 aromatic carbocycles. The molecular formula is C24H15BrIN3O2. The first-order chi connectivity index (χ1) is 15.0. The third-order valence-electron chi connectivity index (χ3n) is 5.06. The van der Waals surface area contributed by atoms with Crippen molar-refractivity contribution in [3.8, 4) is 17.0 Å². The maximum Gasteiger partial charge on any atom is 0.256 e. The van der Waals surface area contributed by atoms with Crippen LogP contribution in [0.3, 0.4) is 0 Å². The quantitative estimate of drug-likeness (QED) is 0.163. The van der Waals surface area contributed by atoms with Gasteiger partial charge in [-0.05, 0) is 89.3 Å².